The van der Waals surface area contributed by atoms with E-state index in [1.807, 2.05) is 6.07 Å². The van der Waals surface area contributed by atoms with Crippen LogP contribution >= 0.6 is 0 Å². The second-order valence-corrected chi connectivity index (χ2v) is 5.95. The molecule has 0 bridgehead atoms. The molecule has 3 rings (SSSR count). The number of likely N-dealkylation sites (tertiary alicyclic amines) is 1. The zero-order chi connectivity index (χ0) is 14.5. The third kappa shape index (κ3) is 3.83. The second-order valence-electron chi connectivity index (χ2n) is 5.95. The largest absolute Gasteiger partial charge is 0.296 e. The van der Waals surface area contributed by atoms with E-state index < -0.39 is 0 Å². The van der Waals surface area contributed by atoms with Crippen molar-refractivity contribution in [1.29, 1.82) is 0 Å². The lowest BCUT2D eigenvalue weighted by Gasteiger charge is -2.20. The van der Waals surface area contributed by atoms with Crippen LogP contribution in [0.15, 0.2) is 54.6 Å². The normalized spacial score (nSPS) is 19.4. The highest BCUT2D eigenvalue weighted by Gasteiger charge is 2.19. The Hall–Kier alpha value is -1.86. The molecule has 1 aliphatic rings. The van der Waals surface area contributed by atoms with Crippen molar-refractivity contribution in [2.75, 3.05) is 6.54 Å². The molecule has 1 unspecified atom stereocenters. The molecule has 21 heavy (non-hydrogen) atoms. The Morgan fingerprint density at radius 1 is 0.952 bits per heavy atom. The Kier molecular flexibility index (Phi) is 4.52. The van der Waals surface area contributed by atoms with Crippen LogP contribution in [0.1, 0.15) is 36.5 Å². The molecule has 0 spiro atoms. The van der Waals surface area contributed by atoms with Crippen molar-refractivity contribution in [2.24, 2.45) is 0 Å². The molecule has 2 aromatic carbocycles. The van der Waals surface area contributed by atoms with Crippen molar-refractivity contribution >= 4 is 12.2 Å². The van der Waals surface area contributed by atoms with Crippen molar-refractivity contribution < 1.29 is 0 Å². The molecule has 0 saturated carbocycles. The van der Waals surface area contributed by atoms with Crippen LogP contribution in [0.2, 0.25) is 0 Å². The van der Waals surface area contributed by atoms with Gasteiger partial charge < -0.3 is 0 Å². The minimum absolute atomic E-state index is 0.739. The number of rotatable bonds is 4. The minimum atomic E-state index is 0.739. The second kappa shape index (κ2) is 6.73. The Labute approximate surface area is 127 Å². The van der Waals surface area contributed by atoms with E-state index >= 15 is 0 Å². The van der Waals surface area contributed by atoms with Crippen LogP contribution in [0.25, 0.3) is 12.2 Å². The fourth-order valence-electron chi connectivity index (χ4n) is 2.95. The number of nitrogens with zero attached hydrogens (tertiary/aromatic N) is 1. The number of hydrogen-bond donors (Lipinski definition) is 0. The minimum Gasteiger partial charge on any atom is -0.296 e. The highest BCUT2D eigenvalue weighted by Crippen LogP contribution is 2.19. The number of benzene rings is 2. The summed E-state index contributed by atoms with van der Waals surface area (Å²) in [6.45, 7) is 4.67. The predicted octanol–water partition coefficient (Wildman–Crippen LogP) is 4.84. The zero-order valence-electron chi connectivity index (χ0n) is 12.7. The quantitative estimate of drug-likeness (QED) is 0.723. The van der Waals surface area contributed by atoms with Crippen molar-refractivity contribution in [2.45, 2.75) is 32.4 Å². The first-order valence-electron chi connectivity index (χ1n) is 7.87. The standard InChI is InChI=1S/C20H23N/c1-17-6-5-15-21(17)16-20-13-11-19(12-14-20)10-9-18-7-3-2-4-8-18/h2-4,7-14,17H,5-6,15-16H2,1H3/b10-9+. The molecule has 1 heterocycles. The topological polar surface area (TPSA) is 3.24 Å². The average molecular weight is 277 g/mol. The van der Waals surface area contributed by atoms with Gasteiger partial charge in [0.1, 0.15) is 0 Å². The van der Waals surface area contributed by atoms with Gasteiger partial charge >= 0.3 is 0 Å². The maximum absolute atomic E-state index is 2.58. The van der Waals surface area contributed by atoms with Gasteiger partial charge in [0.05, 0.1) is 0 Å². The fourth-order valence-corrected chi connectivity index (χ4v) is 2.95. The van der Waals surface area contributed by atoms with Crippen molar-refractivity contribution in [3.8, 4) is 0 Å². The van der Waals surface area contributed by atoms with Gasteiger partial charge in [0.2, 0.25) is 0 Å². The van der Waals surface area contributed by atoms with Gasteiger partial charge in [0.15, 0.2) is 0 Å². The van der Waals surface area contributed by atoms with Gasteiger partial charge in [-0.1, -0.05) is 66.7 Å². The lowest BCUT2D eigenvalue weighted by molar-refractivity contribution is 0.260. The van der Waals surface area contributed by atoms with Gasteiger partial charge in [-0.3, -0.25) is 4.90 Å². The van der Waals surface area contributed by atoms with E-state index in [1.54, 1.807) is 0 Å². The van der Waals surface area contributed by atoms with E-state index in [2.05, 4.69) is 72.5 Å². The first-order valence-corrected chi connectivity index (χ1v) is 7.87. The van der Waals surface area contributed by atoms with Gasteiger partial charge in [0, 0.05) is 12.6 Å². The molecule has 108 valence electrons. The van der Waals surface area contributed by atoms with Gasteiger partial charge in [-0.2, -0.15) is 0 Å². The molecule has 0 N–H and O–H groups in total. The molecule has 1 saturated heterocycles. The SMILES string of the molecule is CC1CCCN1Cc1ccc(/C=C/c2ccccc2)cc1. The van der Waals surface area contributed by atoms with E-state index in [0.29, 0.717) is 0 Å². The van der Waals surface area contributed by atoms with Crippen molar-refractivity contribution in [3.05, 3.63) is 71.3 Å². The molecule has 1 atom stereocenters. The monoisotopic (exact) mass is 277 g/mol. The molecule has 1 fully saturated rings. The third-order valence-electron chi connectivity index (χ3n) is 4.32. The highest BCUT2D eigenvalue weighted by molar-refractivity contribution is 5.69. The molecular weight excluding hydrogens is 254 g/mol. The summed E-state index contributed by atoms with van der Waals surface area (Å²) >= 11 is 0. The van der Waals surface area contributed by atoms with Gasteiger partial charge in [-0.25, -0.2) is 0 Å². The summed E-state index contributed by atoms with van der Waals surface area (Å²) in [5, 5.41) is 0. The average Bonchev–Trinajstić information content (AvgIpc) is 2.93. The molecular formula is C20H23N. The first kappa shape index (κ1) is 14.1. The summed E-state index contributed by atoms with van der Waals surface area (Å²) in [6.07, 6.45) is 7.03. The van der Waals surface area contributed by atoms with E-state index in [9.17, 15) is 0 Å². The van der Waals surface area contributed by atoms with E-state index in [-0.39, 0.29) is 0 Å². The van der Waals surface area contributed by atoms with Crippen LogP contribution < -0.4 is 0 Å². The zero-order valence-corrected chi connectivity index (χ0v) is 12.7. The summed E-state index contributed by atoms with van der Waals surface area (Å²) in [5.41, 5.74) is 3.92. The van der Waals surface area contributed by atoms with Crippen LogP contribution in [0.4, 0.5) is 0 Å². The fraction of sp³-hybridized carbons (Fsp3) is 0.300. The number of hydrogen-bond acceptors (Lipinski definition) is 1. The maximum Gasteiger partial charge on any atom is 0.0236 e. The van der Waals surface area contributed by atoms with Gasteiger partial charge in [-0.15, -0.1) is 0 Å². The van der Waals surface area contributed by atoms with Crippen molar-refractivity contribution in [1.82, 2.24) is 4.90 Å². The molecule has 0 aliphatic carbocycles. The van der Waals surface area contributed by atoms with E-state index in [1.165, 1.54) is 36.1 Å². The Morgan fingerprint density at radius 3 is 2.24 bits per heavy atom. The van der Waals surface area contributed by atoms with E-state index in [0.717, 1.165) is 12.6 Å². The van der Waals surface area contributed by atoms with Crippen molar-refractivity contribution in [3.63, 3.8) is 0 Å². The van der Waals surface area contributed by atoms with Crippen LogP contribution in [0.5, 0.6) is 0 Å². The first-order chi connectivity index (χ1) is 10.3. The molecule has 1 heteroatoms. The van der Waals surface area contributed by atoms with Crippen LogP contribution in [-0.4, -0.2) is 17.5 Å². The Bertz CT molecular complexity index is 583. The summed E-state index contributed by atoms with van der Waals surface area (Å²) < 4.78 is 0. The Morgan fingerprint density at radius 2 is 1.62 bits per heavy atom. The molecule has 1 nitrogen and oxygen atoms in total. The van der Waals surface area contributed by atoms with Gasteiger partial charge in [-0.05, 0) is 43.0 Å². The molecule has 0 amide bonds. The molecule has 1 aliphatic heterocycles. The summed E-state index contributed by atoms with van der Waals surface area (Å²) in [7, 11) is 0. The van der Waals surface area contributed by atoms with Gasteiger partial charge in [0.25, 0.3) is 0 Å². The smallest absolute Gasteiger partial charge is 0.0236 e. The predicted molar refractivity (Wildman–Crippen MR) is 90.9 cm³/mol. The summed E-state index contributed by atoms with van der Waals surface area (Å²) in [5.74, 6) is 0. The van der Waals surface area contributed by atoms with Crippen LogP contribution in [0.3, 0.4) is 0 Å². The van der Waals surface area contributed by atoms with Crippen LogP contribution in [0, 0.1) is 0 Å². The third-order valence-corrected chi connectivity index (χ3v) is 4.32. The lowest BCUT2D eigenvalue weighted by atomic mass is 10.1. The molecule has 0 aromatic heterocycles. The summed E-state index contributed by atoms with van der Waals surface area (Å²) in [6, 6.07) is 20.1. The van der Waals surface area contributed by atoms with E-state index in [4.69, 9.17) is 0 Å². The summed E-state index contributed by atoms with van der Waals surface area (Å²) in [4.78, 5) is 2.58. The maximum atomic E-state index is 2.58. The molecule has 2 aromatic rings. The Balaban J connectivity index is 1.63. The van der Waals surface area contributed by atoms with Crippen LogP contribution in [-0.2, 0) is 6.54 Å². The highest BCUT2D eigenvalue weighted by atomic mass is 15.2. The lowest BCUT2D eigenvalue weighted by Crippen LogP contribution is -2.26. The molecule has 0 radical (unpaired) electrons.